The largest absolute Gasteiger partial charge is 0.266 e. The van der Waals surface area contributed by atoms with Gasteiger partial charge in [-0.05, 0) is 15.9 Å². The van der Waals surface area contributed by atoms with Crippen LogP contribution in [0.3, 0.4) is 0 Å². The van der Waals surface area contributed by atoms with Crippen molar-refractivity contribution in [2.45, 2.75) is 0 Å². The normalized spacial score (nSPS) is 15.7. The Bertz CT molecular complexity index is 522. The van der Waals surface area contributed by atoms with Crippen molar-refractivity contribution in [2.75, 3.05) is 0 Å². The van der Waals surface area contributed by atoms with E-state index < -0.39 is 12.8 Å². The molecular weight excluding hydrogens is 225 g/mol. The zero-order valence-corrected chi connectivity index (χ0v) is 7.34. The number of halogens is 2. The van der Waals surface area contributed by atoms with E-state index in [1.165, 1.54) is 6.20 Å². The topological polar surface area (TPSA) is 30.7 Å². The van der Waals surface area contributed by atoms with Crippen LogP contribution >= 0.6 is 15.9 Å². The molecule has 0 atom stereocenters. The van der Waals surface area contributed by atoms with Gasteiger partial charge in [0.15, 0.2) is 5.82 Å². The van der Waals surface area contributed by atoms with Crippen LogP contribution in [0.1, 0.15) is 4.11 Å². The third-order valence-corrected chi connectivity index (χ3v) is 2.02. The number of rotatable bonds is 0. The van der Waals surface area contributed by atoms with Crippen molar-refractivity contribution in [2.24, 2.45) is 6.98 Å². The van der Waals surface area contributed by atoms with Crippen molar-refractivity contribution in [3.05, 3.63) is 22.7 Å². The van der Waals surface area contributed by atoms with Gasteiger partial charge in [0.25, 0.3) is 0 Å². The average Bonchev–Trinajstić information content (AvgIpc) is 2.47. The van der Waals surface area contributed by atoms with Crippen molar-refractivity contribution >= 4 is 27.0 Å². The van der Waals surface area contributed by atoms with Gasteiger partial charge in [-0.25, -0.2) is 9.37 Å². The monoisotopic (exact) mass is 232 g/mol. The van der Waals surface area contributed by atoms with Crippen LogP contribution in [0.5, 0.6) is 0 Å². The molecule has 0 amide bonds. The summed E-state index contributed by atoms with van der Waals surface area (Å²) in [6.07, 6.45) is 1.28. The van der Waals surface area contributed by atoms with Crippen LogP contribution in [-0.2, 0) is 6.98 Å². The molecule has 2 aromatic rings. The molecule has 0 aromatic carbocycles. The van der Waals surface area contributed by atoms with Crippen molar-refractivity contribution in [1.82, 2.24) is 14.8 Å². The lowest BCUT2D eigenvalue weighted by Gasteiger charge is -1.95. The highest BCUT2D eigenvalue weighted by Crippen LogP contribution is 2.18. The number of nitrogens with zero attached hydrogens (tertiary/aromatic N) is 3. The molecule has 5 heteroatoms. The lowest BCUT2D eigenvalue weighted by molar-refractivity contribution is 0.614. The van der Waals surface area contributed by atoms with Crippen LogP contribution in [0.4, 0.5) is 4.39 Å². The van der Waals surface area contributed by atoms with E-state index in [-0.39, 0.29) is 10.1 Å². The number of pyridine rings is 1. The fraction of sp³-hybridized carbons (Fsp3) is 0.143. The van der Waals surface area contributed by atoms with Crippen molar-refractivity contribution < 1.29 is 8.50 Å². The van der Waals surface area contributed by atoms with E-state index in [1.54, 1.807) is 0 Å². The van der Waals surface area contributed by atoms with Gasteiger partial charge in [-0.2, -0.15) is 5.10 Å². The number of fused-ring (bicyclic) bond motifs is 1. The van der Waals surface area contributed by atoms with Gasteiger partial charge in [0.1, 0.15) is 10.1 Å². The highest BCUT2D eigenvalue weighted by atomic mass is 79.9. The predicted octanol–water partition coefficient (Wildman–Crippen LogP) is 1.87. The zero-order chi connectivity index (χ0) is 11.2. The first-order chi connectivity index (χ1) is 6.89. The first kappa shape index (κ1) is 4.91. The number of aryl methyl sites for hydroxylation is 1. The summed E-state index contributed by atoms with van der Waals surface area (Å²) >= 11 is 2.91. The van der Waals surface area contributed by atoms with E-state index in [4.69, 9.17) is 4.11 Å². The SMILES string of the molecule is [2H]C([2H])([2H])n1ncc2nc(Br)c(F)cc21. The fourth-order valence-electron chi connectivity index (χ4n) is 0.909. The van der Waals surface area contributed by atoms with Crippen LogP contribution in [0, 0.1) is 5.82 Å². The molecule has 0 spiro atoms. The Morgan fingerprint density at radius 3 is 3.33 bits per heavy atom. The molecule has 0 aliphatic rings. The lowest BCUT2D eigenvalue weighted by Crippen LogP contribution is -1.90. The summed E-state index contributed by atoms with van der Waals surface area (Å²) in [4.78, 5) is 3.82. The van der Waals surface area contributed by atoms with Crippen LogP contribution in [-0.4, -0.2) is 14.8 Å². The number of hydrogen-bond acceptors (Lipinski definition) is 2. The van der Waals surface area contributed by atoms with E-state index in [9.17, 15) is 4.39 Å². The molecule has 0 N–H and O–H groups in total. The summed E-state index contributed by atoms with van der Waals surface area (Å²) in [5.41, 5.74) is 0.482. The Morgan fingerprint density at radius 1 is 1.75 bits per heavy atom. The van der Waals surface area contributed by atoms with Gasteiger partial charge in [0.05, 0.1) is 11.7 Å². The van der Waals surface area contributed by atoms with Crippen LogP contribution < -0.4 is 0 Å². The summed E-state index contributed by atoms with van der Waals surface area (Å²) < 4.78 is 35.5. The maximum absolute atomic E-state index is 13.2. The van der Waals surface area contributed by atoms with Gasteiger partial charge < -0.3 is 0 Å². The van der Waals surface area contributed by atoms with Gasteiger partial charge >= 0.3 is 0 Å². The Balaban J connectivity index is 2.75. The molecule has 0 bridgehead atoms. The second kappa shape index (κ2) is 2.52. The molecule has 2 heterocycles. The molecule has 0 aliphatic carbocycles. The van der Waals surface area contributed by atoms with E-state index in [2.05, 4.69) is 26.0 Å². The van der Waals surface area contributed by atoms with Gasteiger partial charge in [0, 0.05) is 17.2 Å². The molecule has 0 unspecified atom stereocenters. The third kappa shape index (κ3) is 1.01. The summed E-state index contributed by atoms with van der Waals surface area (Å²) in [6.45, 7) is -2.43. The summed E-state index contributed by atoms with van der Waals surface area (Å²) in [5, 5.41) is 3.65. The minimum Gasteiger partial charge on any atom is -0.266 e. The standard InChI is InChI=1S/C7H5BrFN3/c1-12-6-2-4(9)7(8)11-5(6)3-10-12/h2-3H,1H3/i1D3. The molecule has 0 radical (unpaired) electrons. The Kier molecular flexibility index (Phi) is 1.03. The lowest BCUT2D eigenvalue weighted by atomic mass is 10.4. The molecule has 0 saturated heterocycles. The van der Waals surface area contributed by atoms with Crippen molar-refractivity contribution in [1.29, 1.82) is 0 Å². The summed E-state index contributed by atoms with van der Waals surface area (Å²) in [6, 6.07) is 1.09. The van der Waals surface area contributed by atoms with Gasteiger partial charge in [0.2, 0.25) is 0 Å². The zero-order valence-electron chi connectivity index (χ0n) is 8.75. The maximum atomic E-state index is 13.2. The Hall–Kier alpha value is -0.970. The molecule has 0 fully saturated rings. The molecule has 0 saturated carbocycles. The third-order valence-electron chi connectivity index (χ3n) is 1.47. The van der Waals surface area contributed by atoms with Crippen molar-refractivity contribution in [3.8, 4) is 0 Å². The summed E-state index contributed by atoms with van der Waals surface area (Å²) in [5.74, 6) is -0.617. The van der Waals surface area contributed by atoms with Crippen molar-refractivity contribution in [3.63, 3.8) is 0 Å². The summed E-state index contributed by atoms with van der Waals surface area (Å²) in [7, 11) is 0. The quantitative estimate of drug-likeness (QED) is 0.650. The Morgan fingerprint density at radius 2 is 2.58 bits per heavy atom. The van der Waals surface area contributed by atoms with E-state index >= 15 is 0 Å². The molecule has 12 heavy (non-hydrogen) atoms. The molecule has 0 aliphatic heterocycles. The van der Waals surface area contributed by atoms with Gasteiger partial charge in [-0.1, -0.05) is 0 Å². The van der Waals surface area contributed by atoms with Crippen LogP contribution in [0.2, 0.25) is 0 Å². The van der Waals surface area contributed by atoms with E-state index in [0.717, 1.165) is 10.7 Å². The molecule has 62 valence electrons. The first-order valence-corrected chi connectivity index (χ1v) is 3.89. The molecule has 3 nitrogen and oxygen atoms in total. The van der Waals surface area contributed by atoms with E-state index in [0.29, 0.717) is 5.52 Å². The second-order valence-corrected chi connectivity index (χ2v) is 2.97. The van der Waals surface area contributed by atoms with Gasteiger partial charge in [-0.3, -0.25) is 4.68 Å². The van der Waals surface area contributed by atoms with Gasteiger partial charge in [-0.15, -0.1) is 0 Å². The minimum atomic E-state index is -2.43. The fourth-order valence-corrected chi connectivity index (χ4v) is 1.21. The molecule has 2 rings (SSSR count). The average molecular weight is 233 g/mol. The number of hydrogen-bond donors (Lipinski definition) is 0. The van der Waals surface area contributed by atoms with Crippen LogP contribution in [0.25, 0.3) is 11.0 Å². The highest BCUT2D eigenvalue weighted by molar-refractivity contribution is 9.10. The van der Waals surface area contributed by atoms with E-state index in [1.807, 2.05) is 0 Å². The molecule has 2 aromatic heterocycles. The number of aromatic nitrogens is 3. The highest BCUT2D eigenvalue weighted by Gasteiger charge is 2.06. The maximum Gasteiger partial charge on any atom is 0.158 e. The predicted molar refractivity (Wildman–Crippen MR) is 46.2 cm³/mol. The second-order valence-electron chi connectivity index (χ2n) is 2.22. The minimum absolute atomic E-state index is 0.0418. The van der Waals surface area contributed by atoms with Crippen LogP contribution in [0.15, 0.2) is 16.9 Å². The molecular formula is C7H5BrFN3. The first-order valence-electron chi connectivity index (χ1n) is 4.60. The Labute approximate surface area is 80.6 Å². The smallest absolute Gasteiger partial charge is 0.158 e.